The molecule has 1 aromatic heterocycles. The van der Waals surface area contributed by atoms with E-state index in [0.717, 1.165) is 43.7 Å². The monoisotopic (exact) mass is 329 g/mol. The number of amides is 2. The van der Waals surface area contributed by atoms with E-state index < -0.39 is 0 Å². The lowest BCUT2D eigenvalue weighted by Gasteiger charge is -2.33. The summed E-state index contributed by atoms with van der Waals surface area (Å²) in [4.78, 5) is 14.5. The van der Waals surface area contributed by atoms with Crippen molar-refractivity contribution in [1.82, 2.24) is 19.9 Å². The summed E-state index contributed by atoms with van der Waals surface area (Å²) < 4.78 is 7.18. The van der Waals surface area contributed by atoms with Gasteiger partial charge >= 0.3 is 6.03 Å². The van der Waals surface area contributed by atoms with Crippen molar-refractivity contribution in [2.45, 2.75) is 26.3 Å². The SMILES string of the molecule is COc1cccc(C)c1NC(=O)N1CCC[C@@H](Cn2ccnn2)C1. The molecule has 1 aliphatic rings. The number of para-hydroxylation sites is 1. The molecule has 2 amide bonds. The summed E-state index contributed by atoms with van der Waals surface area (Å²) in [5, 5.41) is 10.9. The van der Waals surface area contributed by atoms with Crippen LogP contribution < -0.4 is 10.1 Å². The van der Waals surface area contributed by atoms with Gasteiger partial charge in [-0.1, -0.05) is 17.3 Å². The Kier molecular flexibility index (Phi) is 4.98. The number of hydrogen-bond donors (Lipinski definition) is 1. The molecule has 0 spiro atoms. The molecule has 0 unspecified atom stereocenters. The summed E-state index contributed by atoms with van der Waals surface area (Å²) in [5.41, 5.74) is 1.72. The molecule has 2 heterocycles. The predicted octanol–water partition coefficient (Wildman–Crippen LogP) is 2.54. The fourth-order valence-electron chi connectivity index (χ4n) is 3.15. The number of nitrogens with zero attached hydrogens (tertiary/aromatic N) is 4. The molecule has 3 rings (SSSR count). The molecule has 7 heteroatoms. The minimum absolute atomic E-state index is 0.0779. The van der Waals surface area contributed by atoms with Crippen molar-refractivity contribution in [3.8, 4) is 5.75 Å². The molecule has 7 nitrogen and oxygen atoms in total. The second kappa shape index (κ2) is 7.33. The zero-order valence-corrected chi connectivity index (χ0v) is 14.1. The minimum atomic E-state index is -0.0779. The molecule has 1 saturated heterocycles. The maximum Gasteiger partial charge on any atom is 0.321 e. The number of piperidine rings is 1. The highest BCUT2D eigenvalue weighted by molar-refractivity contribution is 5.92. The number of likely N-dealkylation sites (tertiary alicyclic amines) is 1. The van der Waals surface area contributed by atoms with Crippen LogP contribution >= 0.6 is 0 Å². The molecule has 128 valence electrons. The van der Waals surface area contributed by atoms with Crippen LogP contribution in [0.4, 0.5) is 10.5 Å². The lowest BCUT2D eigenvalue weighted by molar-refractivity contribution is 0.168. The van der Waals surface area contributed by atoms with Crippen LogP contribution in [0.3, 0.4) is 0 Å². The topological polar surface area (TPSA) is 72.3 Å². The van der Waals surface area contributed by atoms with E-state index in [2.05, 4.69) is 15.6 Å². The summed E-state index contributed by atoms with van der Waals surface area (Å²) >= 11 is 0. The normalized spacial score (nSPS) is 17.6. The van der Waals surface area contributed by atoms with Gasteiger partial charge in [0.05, 0.1) is 19.0 Å². The fourth-order valence-corrected chi connectivity index (χ4v) is 3.15. The van der Waals surface area contributed by atoms with Crippen molar-refractivity contribution in [2.75, 3.05) is 25.5 Å². The average molecular weight is 329 g/mol. The number of urea groups is 1. The molecule has 1 aromatic carbocycles. The lowest BCUT2D eigenvalue weighted by atomic mass is 9.98. The Balaban J connectivity index is 1.64. The number of carbonyl (C=O) groups excluding carboxylic acids is 1. The number of anilines is 1. The zero-order valence-electron chi connectivity index (χ0n) is 14.1. The molecule has 1 aliphatic heterocycles. The molecule has 1 fully saturated rings. The van der Waals surface area contributed by atoms with Crippen molar-refractivity contribution in [3.05, 3.63) is 36.2 Å². The lowest BCUT2D eigenvalue weighted by Crippen LogP contribution is -2.43. The third-order valence-electron chi connectivity index (χ3n) is 4.41. The summed E-state index contributed by atoms with van der Waals surface area (Å²) in [6, 6.07) is 5.65. The molecular weight excluding hydrogens is 306 g/mol. The number of rotatable bonds is 4. The first-order valence-corrected chi connectivity index (χ1v) is 8.21. The van der Waals surface area contributed by atoms with Crippen LogP contribution in [0.2, 0.25) is 0 Å². The quantitative estimate of drug-likeness (QED) is 0.935. The highest BCUT2D eigenvalue weighted by atomic mass is 16.5. The van der Waals surface area contributed by atoms with Gasteiger partial charge in [0.25, 0.3) is 0 Å². The van der Waals surface area contributed by atoms with Crippen LogP contribution in [0.1, 0.15) is 18.4 Å². The Labute approximate surface area is 141 Å². The van der Waals surface area contributed by atoms with Crippen molar-refractivity contribution in [2.24, 2.45) is 5.92 Å². The van der Waals surface area contributed by atoms with Crippen LogP contribution in [-0.2, 0) is 6.54 Å². The Bertz CT molecular complexity index is 686. The van der Waals surface area contributed by atoms with Gasteiger partial charge in [-0.05, 0) is 37.3 Å². The molecule has 0 radical (unpaired) electrons. The van der Waals surface area contributed by atoms with Gasteiger partial charge in [-0.2, -0.15) is 0 Å². The van der Waals surface area contributed by atoms with Crippen LogP contribution in [0, 0.1) is 12.8 Å². The minimum Gasteiger partial charge on any atom is -0.495 e. The number of ether oxygens (including phenoxy) is 1. The first-order valence-electron chi connectivity index (χ1n) is 8.21. The number of carbonyl (C=O) groups is 1. The molecule has 0 saturated carbocycles. The largest absolute Gasteiger partial charge is 0.495 e. The van der Waals surface area contributed by atoms with Gasteiger partial charge in [0.1, 0.15) is 5.75 Å². The number of nitrogens with one attached hydrogen (secondary N) is 1. The van der Waals surface area contributed by atoms with E-state index in [9.17, 15) is 4.79 Å². The summed E-state index contributed by atoms with van der Waals surface area (Å²) in [5.74, 6) is 1.07. The van der Waals surface area contributed by atoms with Crippen molar-refractivity contribution < 1.29 is 9.53 Å². The smallest absolute Gasteiger partial charge is 0.321 e. The van der Waals surface area contributed by atoms with E-state index in [1.165, 1.54) is 0 Å². The molecule has 24 heavy (non-hydrogen) atoms. The standard InChI is InChI=1S/C17H23N5O2/c1-13-5-3-7-15(24-2)16(13)19-17(23)21-9-4-6-14(11-21)12-22-10-8-18-20-22/h3,5,7-8,10,14H,4,6,9,11-12H2,1-2H3,(H,19,23)/t14-/m1/s1. The number of benzene rings is 1. The second-order valence-electron chi connectivity index (χ2n) is 6.16. The van der Waals surface area contributed by atoms with E-state index >= 15 is 0 Å². The first kappa shape index (κ1) is 16.3. The average Bonchev–Trinajstić information content (AvgIpc) is 3.10. The van der Waals surface area contributed by atoms with Crippen LogP contribution in [0.25, 0.3) is 0 Å². The molecule has 1 atom stereocenters. The van der Waals surface area contributed by atoms with Crippen LogP contribution in [0.15, 0.2) is 30.6 Å². The molecule has 0 aliphatic carbocycles. The third kappa shape index (κ3) is 3.67. The predicted molar refractivity (Wildman–Crippen MR) is 91.1 cm³/mol. The van der Waals surface area contributed by atoms with Gasteiger partial charge in [-0.3, -0.25) is 4.68 Å². The number of aryl methyl sites for hydroxylation is 1. The van der Waals surface area contributed by atoms with Crippen molar-refractivity contribution in [1.29, 1.82) is 0 Å². The van der Waals surface area contributed by atoms with E-state index in [0.29, 0.717) is 11.7 Å². The molecular formula is C17H23N5O2. The maximum absolute atomic E-state index is 12.7. The first-order chi connectivity index (χ1) is 11.7. The van der Waals surface area contributed by atoms with Gasteiger partial charge in [-0.15, -0.1) is 5.10 Å². The highest BCUT2D eigenvalue weighted by Crippen LogP contribution is 2.28. The van der Waals surface area contributed by atoms with E-state index in [1.807, 2.05) is 40.9 Å². The van der Waals surface area contributed by atoms with Crippen LogP contribution in [0.5, 0.6) is 5.75 Å². The van der Waals surface area contributed by atoms with Gasteiger partial charge in [-0.25, -0.2) is 4.79 Å². The molecule has 0 bridgehead atoms. The van der Waals surface area contributed by atoms with Crippen LogP contribution in [-0.4, -0.2) is 46.1 Å². The van der Waals surface area contributed by atoms with E-state index in [4.69, 9.17) is 4.74 Å². The Morgan fingerprint density at radius 2 is 2.33 bits per heavy atom. The number of methoxy groups -OCH3 is 1. The van der Waals surface area contributed by atoms with Gasteiger partial charge < -0.3 is 15.0 Å². The Morgan fingerprint density at radius 1 is 1.46 bits per heavy atom. The maximum atomic E-state index is 12.7. The van der Waals surface area contributed by atoms with Crippen molar-refractivity contribution >= 4 is 11.7 Å². The summed E-state index contributed by atoms with van der Waals surface area (Å²) in [6.45, 7) is 4.24. The van der Waals surface area contributed by atoms with E-state index in [-0.39, 0.29) is 6.03 Å². The Morgan fingerprint density at radius 3 is 3.08 bits per heavy atom. The summed E-state index contributed by atoms with van der Waals surface area (Å²) in [6.07, 6.45) is 5.63. The molecule has 1 N–H and O–H groups in total. The van der Waals surface area contributed by atoms with Gasteiger partial charge in [0.15, 0.2) is 0 Å². The molecule has 2 aromatic rings. The second-order valence-corrected chi connectivity index (χ2v) is 6.16. The third-order valence-corrected chi connectivity index (χ3v) is 4.41. The van der Waals surface area contributed by atoms with E-state index in [1.54, 1.807) is 13.3 Å². The Hall–Kier alpha value is -2.57. The zero-order chi connectivity index (χ0) is 16.9. The number of hydrogen-bond acceptors (Lipinski definition) is 4. The van der Waals surface area contributed by atoms with Crippen molar-refractivity contribution in [3.63, 3.8) is 0 Å². The summed E-state index contributed by atoms with van der Waals surface area (Å²) in [7, 11) is 1.61. The number of aromatic nitrogens is 3. The highest BCUT2D eigenvalue weighted by Gasteiger charge is 2.25. The van der Waals surface area contributed by atoms with Gasteiger partial charge in [0, 0.05) is 25.8 Å². The van der Waals surface area contributed by atoms with Gasteiger partial charge in [0.2, 0.25) is 0 Å². The fraction of sp³-hybridized carbons (Fsp3) is 0.471.